The van der Waals surface area contributed by atoms with Crippen molar-refractivity contribution >= 4 is 6.08 Å². The zero-order chi connectivity index (χ0) is 21.1. The van der Waals surface area contributed by atoms with Gasteiger partial charge in [0.15, 0.2) is 0 Å². The van der Waals surface area contributed by atoms with Gasteiger partial charge in [-0.1, -0.05) is 79.0 Å². The number of fused-ring (bicyclic) bond motifs is 1. The Balaban J connectivity index is 1.48. The van der Waals surface area contributed by atoms with E-state index in [0.717, 1.165) is 24.0 Å². The Morgan fingerprint density at radius 1 is 0.733 bits per heavy atom. The van der Waals surface area contributed by atoms with Gasteiger partial charge in [0, 0.05) is 22.3 Å². The number of allylic oxidation sites excluding steroid dienone is 5. The highest BCUT2D eigenvalue weighted by Crippen LogP contribution is 2.28. The average Bonchev–Trinajstić information content (AvgIpc) is 2.74. The second kappa shape index (κ2) is 8.65. The number of benzene rings is 2. The first-order valence-corrected chi connectivity index (χ1v) is 10.8. The highest BCUT2D eigenvalue weighted by molar-refractivity contribution is 5.65. The van der Waals surface area contributed by atoms with E-state index >= 15 is 0 Å². The molecule has 0 saturated heterocycles. The molecule has 4 rings (SSSR count). The third kappa shape index (κ3) is 4.67. The molecule has 0 heteroatoms. The van der Waals surface area contributed by atoms with E-state index < -0.39 is 0 Å². The molecule has 0 saturated carbocycles. The van der Waals surface area contributed by atoms with Crippen molar-refractivity contribution in [3.8, 4) is 23.7 Å². The molecule has 0 spiro atoms. The Hall–Kier alpha value is -3.22. The molecule has 0 fully saturated rings. The summed E-state index contributed by atoms with van der Waals surface area (Å²) in [5, 5.41) is 0. The summed E-state index contributed by atoms with van der Waals surface area (Å²) in [4.78, 5) is 0. The van der Waals surface area contributed by atoms with Crippen LogP contribution in [-0.4, -0.2) is 0 Å². The van der Waals surface area contributed by atoms with Crippen molar-refractivity contribution in [2.75, 3.05) is 0 Å². The van der Waals surface area contributed by atoms with Crippen LogP contribution < -0.4 is 0 Å². The molecule has 0 N–H and O–H groups in total. The summed E-state index contributed by atoms with van der Waals surface area (Å²) in [7, 11) is 0. The van der Waals surface area contributed by atoms with Gasteiger partial charge in [-0.3, -0.25) is 0 Å². The molecule has 2 unspecified atom stereocenters. The standard InChI is InChI=1S/C30H28/c1-21-5-15-29-20-28(24(4)19-30(29)17-21)16-14-26-10-8-25(9-11-26)12-13-27-7-6-22(2)23(3)18-27/h5-11,15,17,20,23-24H,18-19H2,1-4H3. The van der Waals surface area contributed by atoms with Crippen LogP contribution in [0.2, 0.25) is 0 Å². The van der Waals surface area contributed by atoms with Gasteiger partial charge in [0.05, 0.1) is 0 Å². The van der Waals surface area contributed by atoms with Crippen LogP contribution in [-0.2, 0) is 6.42 Å². The lowest BCUT2D eigenvalue weighted by molar-refractivity contribution is 0.673. The fraction of sp³-hybridized carbons (Fsp3) is 0.267. The molecule has 0 nitrogen and oxygen atoms in total. The third-order valence-corrected chi connectivity index (χ3v) is 6.12. The van der Waals surface area contributed by atoms with E-state index in [1.54, 1.807) is 0 Å². The molecule has 0 bridgehead atoms. The van der Waals surface area contributed by atoms with Crippen LogP contribution in [0.3, 0.4) is 0 Å². The molecule has 2 aliphatic carbocycles. The van der Waals surface area contributed by atoms with Gasteiger partial charge in [0.2, 0.25) is 0 Å². The van der Waals surface area contributed by atoms with Crippen LogP contribution in [0.5, 0.6) is 0 Å². The fourth-order valence-electron chi connectivity index (χ4n) is 3.94. The van der Waals surface area contributed by atoms with Crippen molar-refractivity contribution in [1.29, 1.82) is 0 Å². The lowest BCUT2D eigenvalue weighted by Crippen LogP contribution is -2.09. The van der Waals surface area contributed by atoms with Gasteiger partial charge in [-0.2, -0.15) is 0 Å². The highest BCUT2D eigenvalue weighted by Gasteiger charge is 2.16. The monoisotopic (exact) mass is 388 g/mol. The minimum absolute atomic E-state index is 0.459. The predicted octanol–water partition coefficient (Wildman–Crippen LogP) is 6.89. The van der Waals surface area contributed by atoms with Crippen molar-refractivity contribution in [1.82, 2.24) is 0 Å². The maximum absolute atomic E-state index is 3.41. The molecule has 0 amide bonds. The SMILES string of the molecule is CC1=CC=C(C#Cc2ccc(C#CC3=Cc4ccc(C)cc4CC3C)cc2)CC1C. The van der Waals surface area contributed by atoms with E-state index in [2.05, 4.69) is 112 Å². The predicted molar refractivity (Wildman–Crippen MR) is 128 cm³/mol. The van der Waals surface area contributed by atoms with Crippen LogP contribution in [0.25, 0.3) is 6.08 Å². The van der Waals surface area contributed by atoms with E-state index in [1.807, 2.05) is 0 Å². The van der Waals surface area contributed by atoms with Crippen LogP contribution in [0.4, 0.5) is 0 Å². The number of aryl methyl sites for hydroxylation is 1. The van der Waals surface area contributed by atoms with Gasteiger partial charge in [0.1, 0.15) is 0 Å². The molecule has 0 heterocycles. The Morgan fingerprint density at radius 2 is 1.43 bits per heavy atom. The van der Waals surface area contributed by atoms with Gasteiger partial charge in [-0.25, -0.2) is 0 Å². The minimum atomic E-state index is 0.459. The first kappa shape index (κ1) is 20.1. The first-order valence-electron chi connectivity index (χ1n) is 10.8. The van der Waals surface area contributed by atoms with E-state index in [0.29, 0.717) is 11.8 Å². The van der Waals surface area contributed by atoms with Crippen LogP contribution in [0.1, 0.15) is 55.0 Å². The largest absolute Gasteiger partial charge is 0.0701 e. The number of hydrogen-bond acceptors (Lipinski definition) is 0. The lowest BCUT2D eigenvalue weighted by atomic mass is 9.84. The second-order valence-corrected chi connectivity index (χ2v) is 8.69. The van der Waals surface area contributed by atoms with Gasteiger partial charge < -0.3 is 0 Å². The Kier molecular flexibility index (Phi) is 5.79. The molecule has 2 atom stereocenters. The summed E-state index contributed by atoms with van der Waals surface area (Å²) in [5.74, 6) is 14.4. The lowest BCUT2D eigenvalue weighted by Gasteiger charge is -2.20. The van der Waals surface area contributed by atoms with Gasteiger partial charge >= 0.3 is 0 Å². The summed E-state index contributed by atoms with van der Waals surface area (Å²) in [6.07, 6.45) is 8.70. The molecule has 2 aromatic carbocycles. The van der Waals surface area contributed by atoms with E-state index in [4.69, 9.17) is 0 Å². The van der Waals surface area contributed by atoms with Crippen molar-refractivity contribution in [3.05, 3.63) is 99.2 Å². The maximum atomic E-state index is 3.41. The normalized spacial score (nSPS) is 19.8. The summed E-state index contributed by atoms with van der Waals surface area (Å²) in [6.45, 7) is 8.87. The quantitative estimate of drug-likeness (QED) is 0.431. The maximum Gasteiger partial charge on any atom is 0.0249 e. The van der Waals surface area contributed by atoms with Crippen molar-refractivity contribution in [2.24, 2.45) is 11.8 Å². The topological polar surface area (TPSA) is 0 Å². The zero-order valence-electron chi connectivity index (χ0n) is 18.3. The molecule has 2 aromatic rings. The number of hydrogen-bond donors (Lipinski definition) is 0. The van der Waals surface area contributed by atoms with Crippen LogP contribution in [0.15, 0.2) is 71.3 Å². The second-order valence-electron chi connectivity index (χ2n) is 8.69. The molecule has 0 aromatic heterocycles. The zero-order valence-corrected chi connectivity index (χ0v) is 18.3. The summed E-state index contributed by atoms with van der Waals surface area (Å²) in [5.41, 5.74) is 10.0. The van der Waals surface area contributed by atoms with E-state index in [-0.39, 0.29) is 0 Å². The van der Waals surface area contributed by atoms with Crippen LogP contribution in [0, 0.1) is 42.4 Å². The van der Waals surface area contributed by atoms with Gasteiger partial charge in [-0.05, 0) is 80.0 Å². The molecule has 2 aliphatic rings. The molecule has 148 valence electrons. The Bertz CT molecular complexity index is 1170. The smallest absolute Gasteiger partial charge is 0.0249 e. The minimum Gasteiger partial charge on any atom is -0.0701 e. The van der Waals surface area contributed by atoms with Gasteiger partial charge in [-0.15, -0.1) is 0 Å². The van der Waals surface area contributed by atoms with E-state index in [1.165, 1.54) is 33.4 Å². The highest BCUT2D eigenvalue weighted by atomic mass is 14.2. The molecular weight excluding hydrogens is 360 g/mol. The summed E-state index contributed by atoms with van der Waals surface area (Å²) < 4.78 is 0. The molecule has 0 aliphatic heterocycles. The van der Waals surface area contributed by atoms with Crippen molar-refractivity contribution in [2.45, 2.75) is 40.5 Å². The van der Waals surface area contributed by atoms with E-state index in [9.17, 15) is 0 Å². The Labute approximate surface area is 181 Å². The van der Waals surface area contributed by atoms with Crippen molar-refractivity contribution < 1.29 is 0 Å². The molecule has 30 heavy (non-hydrogen) atoms. The Morgan fingerprint density at radius 3 is 2.13 bits per heavy atom. The van der Waals surface area contributed by atoms with Gasteiger partial charge in [0.25, 0.3) is 0 Å². The first-order chi connectivity index (χ1) is 14.5. The third-order valence-electron chi connectivity index (χ3n) is 6.12. The molecule has 0 radical (unpaired) electrons. The molecular formula is C30H28. The van der Waals surface area contributed by atoms with Crippen molar-refractivity contribution in [3.63, 3.8) is 0 Å². The average molecular weight is 389 g/mol. The van der Waals surface area contributed by atoms with Crippen LogP contribution >= 0.6 is 0 Å². The number of rotatable bonds is 0. The fourth-order valence-corrected chi connectivity index (χ4v) is 3.94. The summed E-state index contributed by atoms with van der Waals surface area (Å²) >= 11 is 0. The summed E-state index contributed by atoms with van der Waals surface area (Å²) in [6, 6.07) is 15.0.